The highest BCUT2D eigenvalue weighted by molar-refractivity contribution is 5.45. The van der Waals surface area contributed by atoms with Gasteiger partial charge >= 0.3 is 0 Å². The number of nitrogens with one attached hydrogen (secondary N) is 1. The molecule has 1 atom stereocenters. The average Bonchev–Trinajstić information content (AvgIpc) is 2.94. The van der Waals surface area contributed by atoms with Crippen LogP contribution < -0.4 is 15.1 Å². The summed E-state index contributed by atoms with van der Waals surface area (Å²) < 4.78 is 0. The molecule has 1 saturated heterocycles. The lowest BCUT2D eigenvalue weighted by atomic mass is 9.95. The monoisotopic (exact) mass is 292 g/mol. The first kappa shape index (κ1) is 15.8. The zero-order valence-electron chi connectivity index (χ0n) is 13.9. The Kier molecular flexibility index (Phi) is 5.20. The molecule has 0 radical (unpaired) electrons. The van der Waals surface area contributed by atoms with Crippen LogP contribution in [0.3, 0.4) is 0 Å². The van der Waals surface area contributed by atoms with Crippen LogP contribution in [-0.4, -0.2) is 48.7 Å². The van der Waals surface area contributed by atoms with Crippen LogP contribution in [0.4, 0.5) is 17.8 Å². The molecule has 1 aromatic rings. The Morgan fingerprint density at radius 3 is 2.62 bits per heavy atom. The molecule has 21 heavy (non-hydrogen) atoms. The molecule has 1 aromatic heterocycles. The number of hydrogen-bond donors (Lipinski definition) is 1. The van der Waals surface area contributed by atoms with Crippen molar-refractivity contribution in [2.24, 2.45) is 11.8 Å². The number of hydrogen-bond acceptors (Lipinski definition) is 6. The molecule has 1 unspecified atom stereocenters. The van der Waals surface area contributed by atoms with E-state index in [1.54, 1.807) is 0 Å². The molecule has 118 valence electrons. The molecule has 0 saturated carbocycles. The van der Waals surface area contributed by atoms with Crippen LogP contribution in [0, 0.1) is 11.8 Å². The van der Waals surface area contributed by atoms with E-state index in [2.05, 4.69) is 45.9 Å². The van der Waals surface area contributed by atoms with E-state index in [9.17, 15) is 0 Å². The summed E-state index contributed by atoms with van der Waals surface area (Å²) in [5.41, 5.74) is 0. The molecule has 2 rings (SSSR count). The predicted octanol–water partition coefficient (Wildman–Crippen LogP) is 2.24. The summed E-state index contributed by atoms with van der Waals surface area (Å²) in [6.45, 7) is 9.68. The fourth-order valence-corrected chi connectivity index (χ4v) is 2.52. The molecule has 0 aromatic carbocycles. The average molecular weight is 292 g/mol. The van der Waals surface area contributed by atoms with E-state index >= 15 is 0 Å². The van der Waals surface area contributed by atoms with Gasteiger partial charge < -0.3 is 15.1 Å². The first-order chi connectivity index (χ1) is 10.0. The molecular weight excluding hydrogens is 264 g/mol. The largest absolute Gasteiger partial charge is 0.354 e. The molecule has 1 aliphatic rings. The number of aromatic nitrogens is 3. The Morgan fingerprint density at radius 1 is 1.29 bits per heavy atom. The Labute approximate surface area is 128 Å². The minimum Gasteiger partial charge on any atom is -0.354 e. The highest BCUT2D eigenvalue weighted by atomic mass is 15.4. The van der Waals surface area contributed by atoms with Crippen molar-refractivity contribution < 1.29 is 0 Å². The third-order valence-corrected chi connectivity index (χ3v) is 4.00. The van der Waals surface area contributed by atoms with Gasteiger partial charge in [-0.2, -0.15) is 15.0 Å². The third kappa shape index (κ3) is 3.95. The predicted molar refractivity (Wildman–Crippen MR) is 88.1 cm³/mol. The molecule has 0 spiro atoms. The van der Waals surface area contributed by atoms with Crippen molar-refractivity contribution in [1.29, 1.82) is 0 Å². The van der Waals surface area contributed by atoms with Crippen LogP contribution in [-0.2, 0) is 0 Å². The second-order valence-corrected chi connectivity index (χ2v) is 6.32. The summed E-state index contributed by atoms with van der Waals surface area (Å²) in [6.07, 6.45) is 2.27. The highest BCUT2D eigenvalue weighted by Gasteiger charge is 2.27. The fourth-order valence-electron chi connectivity index (χ4n) is 2.52. The van der Waals surface area contributed by atoms with Gasteiger partial charge in [0.15, 0.2) is 0 Å². The quantitative estimate of drug-likeness (QED) is 0.868. The van der Waals surface area contributed by atoms with Crippen molar-refractivity contribution in [2.75, 3.05) is 48.8 Å². The number of rotatable bonds is 6. The summed E-state index contributed by atoms with van der Waals surface area (Å²) in [6, 6.07) is 0. The molecule has 1 aliphatic heterocycles. The van der Waals surface area contributed by atoms with Crippen molar-refractivity contribution in [2.45, 2.75) is 33.6 Å². The van der Waals surface area contributed by atoms with Crippen LogP contribution in [0.25, 0.3) is 0 Å². The number of anilines is 3. The number of nitrogens with zero attached hydrogens (tertiary/aromatic N) is 5. The zero-order valence-corrected chi connectivity index (χ0v) is 13.9. The highest BCUT2D eigenvalue weighted by Crippen LogP contribution is 2.27. The van der Waals surface area contributed by atoms with Gasteiger partial charge in [-0.15, -0.1) is 0 Å². The van der Waals surface area contributed by atoms with E-state index in [1.165, 1.54) is 6.42 Å². The van der Waals surface area contributed by atoms with Gasteiger partial charge in [-0.1, -0.05) is 20.8 Å². The molecule has 6 heteroatoms. The maximum Gasteiger partial charge on any atom is 0.231 e. The second kappa shape index (κ2) is 6.91. The van der Waals surface area contributed by atoms with E-state index < -0.39 is 0 Å². The van der Waals surface area contributed by atoms with Crippen LogP contribution in [0.1, 0.15) is 33.6 Å². The normalized spacial score (nSPS) is 18.4. The molecular formula is C15H28N6. The summed E-state index contributed by atoms with van der Waals surface area (Å²) in [7, 11) is 3.92. The second-order valence-electron chi connectivity index (χ2n) is 6.32. The Balaban J connectivity index is 2.19. The first-order valence-electron chi connectivity index (χ1n) is 7.93. The maximum atomic E-state index is 4.61. The van der Waals surface area contributed by atoms with E-state index in [0.29, 0.717) is 17.8 Å². The molecule has 0 aliphatic carbocycles. The topological polar surface area (TPSA) is 57.2 Å². The van der Waals surface area contributed by atoms with Gasteiger partial charge in [0.2, 0.25) is 17.8 Å². The Hall–Kier alpha value is -1.59. The Bertz CT molecular complexity index is 459. The van der Waals surface area contributed by atoms with Gasteiger partial charge in [-0.25, -0.2) is 0 Å². The van der Waals surface area contributed by atoms with Gasteiger partial charge in [0, 0.05) is 33.7 Å². The molecule has 0 amide bonds. The van der Waals surface area contributed by atoms with Gasteiger partial charge in [-0.05, 0) is 24.7 Å². The first-order valence-corrected chi connectivity index (χ1v) is 7.93. The third-order valence-electron chi connectivity index (χ3n) is 4.00. The fraction of sp³-hybridized carbons (Fsp3) is 0.800. The van der Waals surface area contributed by atoms with E-state index in [1.807, 2.05) is 19.0 Å². The lowest BCUT2D eigenvalue weighted by molar-refractivity contribution is 0.422. The molecule has 1 fully saturated rings. The minimum atomic E-state index is 0.679. The summed E-state index contributed by atoms with van der Waals surface area (Å²) in [4.78, 5) is 17.9. The van der Waals surface area contributed by atoms with Gasteiger partial charge in [0.05, 0.1) is 0 Å². The lowest BCUT2D eigenvalue weighted by Crippen LogP contribution is -2.25. The van der Waals surface area contributed by atoms with Crippen molar-refractivity contribution in [3.8, 4) is 0 Å². The standard InChI is InChI=1S/C15H28N6/c1-6-8-16-13-17-14(20(4)5)19-15(18-13)21-9-7-12(10-21)11(2)3/h11-12H,6-10H2,1-5H3,(H,16,17,18,19). The minimum absolute atomic E-state index is 0.679. The van der Waals surface area contributed by atoms with Crippen molar-refractivity contribution >= 4 is 17.8 Å². The summed E-state index contributed by atoms with van der Waals surface area (Å²) in [5.74, 6) is 3.64. The molecule has 1 N–H and O–H groups in total. The summed E-state index contributed by atoms with van der Waals surface area (Å²) in [5, 5.41) is 3.27. The maximum absolute atomic E-state index is 4.61. The van der Waals surface area contributed by atoms with Crippen molar-refractivity contribution in [1.82, 2.24) is 15.0 Å². The van der Waals surface area contributed by atoms with Crippen molar-refractivity contribution in [3.63, 3.8) is 0 Å². The van der Waals surface area contributed by atoms with E-state index in [4.69, 9.17) is 0 Å². The zero-order chi connectivity index (χ0) is 15.4. The Morgan fingerprint density at radius 2 is 2.05 bits per heavy atom. The van der Waals surface area contributed by atoms with Gasteiger partial charge in [0.1, 0.15) is 0 Å². The molecule has 0 bridgehead atoms. The SMILES string of the molecule is CCCNc1nc(N(C)C)nc(N2CCC(C(C)C)C2)n1. The van der Waals surface area contributed by atoms with Crippen LogP contribution >= 0.6 is 0 Å². The van der Waals surface area contributed by atoms with Gasteiger partial charge in [-0.3, -0.25) is 0 Å². The van der Waals surface area contributed by atoms with Crippen LogP contribution in [0.5, 0.6) is 0 Å². The van der Waals surface area contributed by atoms with Gasteiger partial charge in [0.25, 0.3) is 0 Å². The van der Waals surface area contributed by atoms with Crippen molar-refractivity contribution in [3.05, 3.63) is 0 Å². The van der Waals surface area contributed by atoms with Crippen LogP contribution in [0.15, 0.2) is 0 Å². The van der Waals surface area contributed by atoms with E-state index in [0.717, 1.165) is 37.9 Å². The summed E-state index contributed by atoms with van der Waals surface area (Å²) >= 11 is 0. The van der Waals surface area contributed by atoms with Crippen LogP contribution in [0.2, 0.25) is 0 Å². The smallest absolute Gasteiger partial charge is 0.231 e. The molecule has 2 heterocycles. The lowest BCUT2D eigenvalue weighted by Gasteiger charge is -2.20. The molecule has 6 nitrogen and oxygen atoms in total. The van der Waals surface area contributed by atoms with E-state index in [-0.39, 0.29) is 0 Å².